The van der Waals surface area contributed by atoms with Gasteiger partial charge in [-0.15, -0.1) is 0 Å². The number of cyclic esters (lactones) is 1. The summed E-state index contributed by atoms with van der Waals surface area (Å²) in [5.74, 6) is -0.105. The highest BCUT2D eigenvalue weighted by Gasteiger charge is 2.23. The van der Waals surface area contributed by atoms with E-state index in [4.69, 9.17) is 9.15 Å². The zero-order chi connectivity index (χ0) is 13.9. The number of benzene rings is 1. The molecule has 102 valence electrons. The quantitative estimate of drug-likeness (QED) is 0.931. The van der Waals surface area contributed by atoms with Crippen LogP contribution in [0.4, 0.5) is 16.2 Å². The van der Waals surface area contributed by atoms with Crippen LogP contribution in [0.15, 0.2) is 47.1 Å². The Kier molecular flexibility index (Phi) is 3.12. The minimum absolute atomic E-state index is 0.232. The lowest BCUT2D eigenvalue weighted by atomic mass is 10.2. The number of furan rings is 1. The molecule has 1 fully saturated rings. The van der Waals surface area contributed by atoms with Gasteiger partial charge in [0.25, 0.3) is 5.91 Å². The first-order chi connectivity index (χ1) is 9.74. The fourth-order valence-corrected chi connectivity index (χ4v) is 1.98. The second-order valence-corrected chi connectivity index (χ2v) is 4.25. The van der Waals surface area contributed by atoms with Crippen LogP contribution in [0.1, 0.15) is 10.6 Å². The van der Waals surface area contributed by atoms with E-state index in [-0.39, 0.29) is 17.8 Å². The number of carbonyl (C=O) groups is 2. The molecule has 0 atom stereocenters. The standard InChI is InChI=1S/C14H12N2O4/c17-13(12-5-2-7-19-12)15-10-3-1-4-11(9-10)16-6-8-20-14(16)18/h1-5,7,9H,6,8H2,(H,15,17). The number of nitrogens with one attached hydrogen (secondary N) is 1. The molecule has 0 radical (unpaired) electrons. The molecule has 1 aliphatic rings. The van der Waals surface area contributed by atoms with Crippen LogP contribution in [0.25, 0.3) is 0 Å². The van der Waals surface area contributed by atoms with Crippen LogP contribution < -0.4 is 10.2 Å². The van der Waals surface area contributed by atoms with Gasteiger partial charge >= 0.3 is 6.09 Å². The van der Waals surface area contributed by atoms with Crippen LogP contribution in [0.5, 0.6) is 0 Å². The average Bonchev–Trinajstić information content (AvgIpc) is 3.10. The first-order valence-electron chi connectivity index (χ1n) is 6.13. The van der Waals surface area contributed by atoms with Crippen molar-refractivity contribution in [2.75, 3.05) is 23.4 Å². The van der Waals surface area contributed by atoms with Gasteiger partial charge in [0.2, 0.25) is 0 Å². The smallest absolute Gasteiger partial charge is 0.414 e. The van der Waals surface area contributed by atoms with Gasteiger partial charge in [0, 0.05) is 11.4 Å². The van der Waals surface area contributed by atoms with Crippen LogP contribution in [0.2, 0.25) is 0 Å². The molecule has 6 nitrogen and oxygen atoms in total. The molecule has 20 heavy (non-hydrogen) atoms. The third kappa shape index (κ3) is 2.35. The lowest BCUT2D eigenvalue weighted by Crippen LogP contribution is -2.23. The van der Waals surface area contributed by atoms with Crippen LogP contribution >= 0.6 is 0 Å². The lowest BCUT2D eigenvalue weighted by molar-refractivity contribution is 0.0996. The van der Waals surface area contributed by atoms with E-state index >= 15 is 0 Å². The Morgan fingerprint density at radius 3 is 2.85 bits per heavy atom. The lowest BCUT2D eigenvalue weighted by Gasteiger charge is -2.13. The Balaban J connectivity index is 1.78. The number of amides is 2. The summed E-state index contributed by atoms with van der Waals surface area (Å²) in [4.78, 5) is 24.9. The Hall–Kier alpha value is -2.76. The molecule has 0 unspecified atom stereocenters. The summed E-state index contributed by atoms with van der Waals surface area (Å²) < 4.78 is 9.90. The monoisotopic (exact) mass is 272 g/mol. The maximum Gasteiger partial charge on any atom is 0.414 e. The van der Waals surface area contributed by atoms with Crippen molar-refractivity contribution < 1.29 is 18.7 Å². The van der Waals surface area contributed by atoms with Gasteiger partial charge in [0.15, 0.2) is 5.76 Å². The summed E-state index contributed by atoms with van der Waals surface area (Å²) in [5.41, 5.74) is 1.27. The maximum atomic E-state index is 11.9. The van der Waals surface area contributed by atoms with Gasteiger partial charge in [-0.25, -0.2) is 4.79 Å². The molecule has 0 bridgehead atoms. The van der Waals surface area contributed by atoms with Crippen molar-refractivity contribution in [1.82, 2.24) is 0 Å². The summed E-state index contributed by atoms with van der Waals surface area (Å²) in [5, 5.41) is 2.71. The van der Waals surface area contributed by atoms with E-state index in [1.807, 2.05) is 0 Å². The molecule has 2 amide bonds. The Morgan fingerprint density at radius 1 is 1.25 bits per heavy atom. The van der Waals surface area contributed by atoms with Crippen molar-refractivity contribution >= 4 is 23.4 Å². The van der Waals surface area contributed by atoms with Gasteiger partial charge in [-0.2, -0.15) is 0 Å². The second-order valence-electron chi connectivity index (χ2n) is 4.25. The number of hydrogen-bond acceptors (Lipinski definition) is 4. The zero-order valence-corrected chi connectivity index (χ0v) is 10.5. The molecule has 1 N–H and O–H groups in total. The van der Waals surface area contributed by atoms with E-state index < -0.39 is 0 Å². The fraction of sp³-hybridized carbons (Fsp3) is 0.143. The van der Waals surface area contributed by atoms with Crippen LogP contribution in [0.3, 0.4) is 0 Å². The van der Waals surface area contributed by atoms with Gasteiger partial charge in [0.05, 0.1) is 12.8 Å². The minimum Gasteiger partial charge on any atom is -0.459 e. The molecule has 2 aromatic rings. The normalized spacial score (nSPS) is 14.2. The van der Waals surface area contributed by atoms with Gasteiger partial charge < -0.3 is 14.5 Å². The topological polar surface area (TPSA) is 71.8 Å². The molecule has 3 rings (SSSR count). The molecular weight excluding hydrogens is 260 g/mol. The third-order valence-electron chi connectivity index (χ3n) is 2.92. The Labute approximate surface area is 114 Å². The van der Waals surface area contributed by atoms with E-state index in [1.54, 1.807) is 36.4 Å². The summed E-state index contributed by atoms with van der Waals surface area (Å²) in [7, 11) is 0. The van der Waals surface area contributed by atoms with Gasteiger partial charge in [0.1, 0.15) is 6.61 Å². The number of nitrogens with zero attached hydrogens (tertiary/aromatic N) is 1. The maximum absolute atomic E-state index is 11.9. The van der Waals surface area contributed by atoms with Gasteiger partial charge in [-0.05, 0) is 30.3 Å². The summed E-state index contributed by atoms with van der Waals surface area (Å²) in [6, 6.07) is 10.2. The molecular formula is C14H12N2O4. The molecule has 0 saturated carbocycles. The Morgan fingerprint density at radius 2 is 2.15 bits per heavy atom. The minimum atomic E-state index is -0.375. The van der Waals surface area contributed by atoms with E-state index in [9.17, 15) is 9.59 Å². The number of ether oxygens (including phenoxy) is 1. The highest BCUT2D eigenvalue weighted by atomic mass is 16.6. The first-order valence-corrected chi connectivity index (χ1v) is 6.13. The number of carbonyl (C=O) groups excluding carboxylic acids is 2. The molecule has 0 spiro atoms. The zero-order valence-electron chi connectivity index (χ0n) is 10.5. The van der Waals surface area contributed by atoms with Crippen molar-refractivity contribution in [3.05, 3.63) is 48.4 Å². The highest BCUT2D eigenvalue weighted by Crippen LogP contribution is 2.22. The Bertz CT molecular complexity index is 636. The molecule has 1 aromatic heterocycles. The first kappa shape index (κ1) is 12.3. The van der Waals surface area contributed by atoms with Crippen molar-refractivity contribution in [3.8, 4) is 0 Å². The van der Waals surface area contributed by atoms with Gasteiger partial charge in [-0.1, -0.05) is 6.07 Å². The molecule has 2 heterocycles. The predicted molar refractivity (Wildman–Crippen MR) is 71.8 cm³/mol. The van der Waals surface area contributed by atoms with Crippen LogP contribution in [-0.4, -0.2) is 25.2 Å². The van der Waals surface area contributed by atoms with E-state index in [0.29, 0.717) is 24.5 Å². The van der Waals surface area contributed by atoms with Crippen LogP contribution in [-0.2, 0) is 4.74 Å². The molecule has 1 aromatic carbocycles. The van der Waals surface area contributed by atoms with Crippen molar-refractivity contribution in [3.63, 3.8) is 0 Å². The fourth-order valence-electron chi connectivity index (χ4n) is 1.98. The van der Waals surface area contributed by atoms with Crippen molar-refractivity contribution in [2.45, 2.75) is 0 Å². The molecule has 0 aliphatic carbocycles. The number of hydrogen-bond donors (Lipinski definition) is 1. The van der Waals surface area contributed by atoms with Gasteiger partial charge in [-0.3, -0.25) is 9.69 Å². The molecule has 6 heteroatoms. The molecule has 1 saturated heterocycles. The van der Waals surface area contributed by atoms with E-state index in [1.165, 1.54) is 11.2 Å². The highest BCUT2D eigenvalue weighted by molar-refractivity contribution is 6.02. The predicted octanol–water partition coefficient (Wildman–Crippen LogP) is 2.49. The number of anilines is 2. The summed E-state index contributed by atoms with van der Waals surface area (Å²) in [6.45, 7) is 0.885. The second kappa shape index (κ2) is 5.08. The van der Waals surface area contributed by atoms with E-state index in [0.717, 1.165) is 0 Å². The van der Waals surface area contributed by atoms with Crippen molar-refractivity contribution in [2.24, 2.45) is 0 Å². The summed E-state index contributed by atoms with van der Waals surface area (Å²) in [6.07, 6.45) is 1.06. The third-order valence-corrected chi connectivity index (χ3v) is 2.92. The van der Waals surface area contributed by atoms with Crippen molar-refractivity contribution in [1.29, 1.82) is 0 Å². The largest absolute Gasteiger partial charge is 0.459 e. The van der Waals surface area contributed by atoms with E-state index in [2.05, 4.69) is 5.32 Å². The SMILES string of the molecule is O=C(Nc1cccc(N2CCOC2=O)c1)c1ccco1. The number of rotatable bonds is 3. The van der Waals surface area contributed by atoms with Crippen LogP contribution in [0, 0.1) is 0 Å². The molecule has 1 aliphatic heterocycles. The summed E-state index contributed by atoms with van der Waals surface area (Å²) >= 11 is 0. The average molecular weight is 272 g/mol.